The van der Waals surface area contributed by atoms with E-state index < -0.39 is 0 Å². The molecule has 34 heavy (non-hydrogen) atoms. The number of carbonyl (C=O) groups is 2. The molecule has 0 unspecified atom stereocenters. The number of hydrogen-bond acceptors (Lipinski definition) is 5. The quantitative estimate of drug-likeness (QED) is 0.416. The number of aryl methyl sites for hydroxylation is 1. The Morgan fingerprint density at radius 3 is 2.59 bits per heavy atom. The first-order chi connectivity index (χ1) is 16.5. The zero-order chi connectivity index (χ0) is 23.9. The van der Waals surface area contributed by atoms with Crippen molar-refractivity contribution in [3.63, 3.8) is 0 Å². The molecule has 0 fully saturated rings. The molecule has 0 radical (unpaired) electrons. The highest BCUT2D eigenvalue weighted by Gasteiger charge is 2.22. The summed E-state index contributed by atoms with van der Waals surface area (Å²) in [5, 5.41) is 14.2. The van der Waals surface area contributed by atoms with Crippen molar-refractivity contribution in [2.24, 2.45) is 7.05 Å². The lowest BCUT2D eigenvalue weighted by Gasteiger charge is -2.29. The largest absolute Gasteiger partial charge is 0.351 e. The second-order valence-corrected chi connectivity index (χ2v) is 8.11. The van der Waals surface area contributed by atoms with Crippen LogP contribution in [0.3, 0.4) is 0 Å². The molecule has 0 saturated heterocycles. The highest BCUT2D eigenvalue weighted by molar-refractivity contribution is 5.95. The summed E-state index contributed by atoms with van der Waals surface area (Å²) in [5.74, 6) is -0.237. The number of aromatic nitrogens is 5. The van der Waals surface area contributed by atoms with Crippen LogP contribution in [0.2, 0.25) is 0 Å². The molecular formula is C25H27N7O2. The maximum Gasteiger partial charge on any atom is 0.267 e. The molecule has 0 spiro atoms. The molecule has 9 heteroatoms. The summed E-state index contributed by atoms with van der Waals surface area (Å²) < 4.78 is 3.29. The fraction of sp³-hybridized carbons (Fsp3) is 0.240. The van der Waals surface area contributed by atoms with Gasteiger partial charge in [-0.2, -0.15) is 0 Å². The van der Waals surface area contributed by atoms with Gasteiger partial charge in [0, 0.05) is 38.4 Å². The smallest absolute Gasteiger partial charge is 0.267 e. The van der Waals surface area contributed by atoms with Gasteiger partial charge in [-0.3, -0.25) is 9.59 Å². The summed E-state index contributed by atoms with van der Waals surface area (Å²) in [4.78, 5) is 27.7. The van der Waals surface area contributed by atoms with E-state index >= 15 is 0 Å². The van der Waals surface area contributed by atoms with Gasteiger partial charge in [-0.1, -0.05) is 36.4 Å². The van der Waals surface area contributed by atoms with Gasteiger partial charge in [-0.15, -0.1) is 5.10 Å². The van der Waals surface area contributed by atoms with E-state index in [0.29, 0.717) is 36.3 Å². The van der Waals surface area contributed by atoms with Crippen LogP contribution in [0.1, 0.15) is 32.8 Å². The third-order valence-electron chi connectivity index (χ3n) is 5.83. The van der Waals surface area contributed by atoms with Crippen molar-refractivity contribution in [3.8, 4) is 5.69 Å². The molecule has 0 aliphatic carbocycles. The Morgan fingerprint density at radius 2 is 1.88 bits per heavy atom. The van der Waals surface area contributed by atoms with E-state index in [1.165, 1.54) is 11.0 Å². The van der Waals surface area contributed by atoms with Gasteiger partial charge in [0.15, 0.2) is 0 Å². The molecule has 4 rings (SSSR count). The maximum absolute atomic E-state index is 13.4. The maximum atomic E-state index is 13.4. The van der Waals surface area contributed by atoms with Crippen molar-refractivity contribution >= 4 is 11.8 Å². The lowest BCUT2D eigenvalue weighted by molar-refractivity contribution is 0.0722. The first-order valence-electron chi connectivity index (χ1n) is 11.1. The monoisotopic (exact) mass is 457 g/mol. The fourth-order valence-electron chi connectivity index (χ4n) is 3.89. The van der Waals surface area contributed by atoms with E-state index in [1.54, 1.807) is 34.7 Å². The highest BCUT2D eigenvalue weighted by atomic mass is 16.2. The zero-order valence-corrected chi connectivity index (χ0v) is 19.2. The molecule has 0 aliphatic rings. The summed E-state index contributed by atoms with van der Waals surface area (Å²) in [6.45, 7) is 0.448. The number of likely N-dealkylation sites (N-methyl/N-ethyl adjacent to an activating group) is 1. The molecule has 0 saturated carbocycles. The average Bonchev–Trinajstić information content (AvgIpc) is 3.55. The molecular weight excluding hydrogens is 430 g/mol. The molecule has 2 heterocycles. The van der Waals surface area contributed by atoms with Crippen molar-refractivity contribution in [2.75, 3.05) is 13.6 Å². The van der Waals surface area contributed by atoms with Crippen molar-refractivity contribution in [1.82, 2.24) is 35.0 Å². The normalized spacial score (nSPS) is 11.7. The molecule has 2 aromatic carbocycles. The van der Waals surface area contributed by atoms with Crippen LogP contribution in [0.4, 0.5) is 0 Å². The molecule has 2 aromatic heterocycles. The number of benzene rings is 2. The number of amides is 2. The summed E-state index contributed by atoms with van der Waals surface area (Å²) in [7, 11) is 3.64. The van der Waals surface area contributed by atoms with Crippen LogP contribution in [-0.4, -0.2) is 61.1 Å². The fourth-order valence-corrected chi connectivity index (χ4v) is 3.89. The van der Waals surface area contributed by atoms with Gasteiger partial charge in [-0.25, -0.2) is 4.68 Å². The topological polar surface area (TPSA) is 97.9 Å². The Labute approximate surface area is 198 Å². The molecule has 4 aromatic rings. The van der Waals surface area contributed by atoms with Crippen LogP contribution < -0.4 is 5.32 Å². The zero-order valence-electron chi connectivity index (χ0n) is 19.2. The molecule has 0 bridgehead atoms. The van der Waals surface area contributed by atoms with E-state index in [-0.39, 0.29) is 17.9 Å². The average molecular weight is 458 g/mol. The summed E-state index contributed by atoms with van der Waals surface area (Å²) in [5.41, 5.74) is 2.98. The number of nitrogens with zero attached hydrogens (tertiary/aromatic N) is 6. The first-order valence-corrected chi connectivity index (χ1v) is 11.1. The number of rotatable bonds is 9. The van der Waals surface area contributed by atoms with Gasteiger partial charge in [0.2, 0.25) is 0 Å². The Hall–Kier alpha value is -4.27. The predicted molar refractivity (Wildman–Crippen MR) is 128 cm³/mol. The third-order valence-corrected chi connectivity index (χ3v) is 5.83. The number of nitrogens with one attached hydrogen (secondary N) is 1. The molecule has 2 amide bonds. The minimum atomic E-state index is -0.130. The van der Waals surface area contributed by atoms with Crippen LogP contribution >= 0.6 is 0 Å². The number of carbonyl (C=O) groups excluding carboxylic acids is 2. The van der Waals surface area contributed by atoms with Crippen molar-refractivity contribution in [1.29, 1.82) is 0 Å². The van der Waals surface area contributed by atoms with Crippen molar-refractivity contribution in [2.45, 2.75) is 18.9 Å². The summed E-state index contributed by atoms with van der Waals surface area (Å²) in [6, 6.07) is 20.7. The SMILES string of the molecule is CN(C(=O)c1cccc(-n2cnnn2)c1)[C@H](CCNC(=O)c1cccn1C)Cc1ccccc1. The molecule has 0 aliphatic heterocycles. The third kappa shape index (κ3) is 5.37. The first kappa shape index (κ1) is 22.9. The number of hydrogen-bond donors (Lipinski definition) is 1. The van der Waals surface area contributed by atoms with Gasteiger partial charge < -0.3 is 14.8 Å². The van der Waals surface area contributed by atoms with Gasteiger partial charge in [0.05, 0.1) is 5.69 Å². The van der Waals surface area contributed by atoms with Gasteiger partial charge in [0.25, 0.3) is 11.8 Å². The summed E-state index contributed by atoms with van der Waals surface area (Å²) >= 11 is 0. The Bertz CT molecular complexity index is 1240. The van der Waals surface area contributed by atoms with Crippen LogP contribution in [0.15, 0.2) is 79.3 Å². The van der Waals surface area contributed by atoms with E-state index in [0.717, 1.165) is 5.56 Å². The van der Waals surface area contributed by atoms with Crippen LogP contribution in [0.5, 0.6) is 0 Å². The van der Waals surface area contributed by atoms with Crippen LogP contribution in [0.25, 0.3) is 5.69 Å². The molecule has 174 valence electrons. The van der Waals surface area contributed by atoms with E-state index in [1.807, 2.05) is 61.8 Å². The minimum Gasteiger partial charge on any atom is -0.351 e. The minimum absolute atomic E-state index is 0.107. The summed E-state index contributed by atoms with van der Waals surface area (Å²) in [6.07, 6.45) is 4.61. The second-order valence-electron chi connectivity index (χ2n) is 8.11. The van der Waals surface area contributed by atoms with E-state index in [9.17, 15) is 9.59 Å². The van der Waals surface area contributed by atoms with Gasteiger partial charge in [-0.05, 0) is 59.2 Å². The highest BCUT2D eigenvalue weighted by Crippen LogP contribution is 2.16. The Kier molecular flexibility index (Phi) is 7.12. The van der Waals surface area contributed by atoms with Crippen LogP contribution in [0, 0.1) is 0 Å². The van der Waals surface area contributed by atoms with Crippen LogP contribution in [-0.2, 0) is 13.5 Å². The Balaban J connectivity index is 1.48. The Morgan fingerprint density at radius 1 is 1.06 bits per heavy atom. The van der Waals surface area contributed by atoms with Gasteiger partial charge >= 0.3 is 0 Å². The van der Waals surface area contributed by atoms with Crippen molar-refractivity contribution in [3.05, 3.63) is 96.1 Å². The lowest BCUT2D eigenvalue weighted by atomic mass is 10.0. The number of tetrazole rings is 1. The van der Waals surface area contributed by atoms with E-state index in [2.05, 4.69) is 20.8 Å². The second kappa shape index (κ2) is 10.6. The molecule has 1 atom stereocenters. The van der Waals surface area contributed by atoms with Crippen molar-refractivity contribution < 1.29 is 9.59 Å². The molecule has 1 N–H and O–H groups in total. The van der Waals surface area contributed by atoms with Gasteiger partial charge in [0.1, 0.15) is 12.0 Å². The van der Waals surface area contributed by atoms with E-state index in [4.69, 9.17) is 0 Å². The predicted octanol–water partition coefficient (Wildman–Crippen LogP) is 2.50. The molecule has 9 nitrogen and oxygen atoms in total. The lowest BCUT2D eigenvalue weighted by Crippen LogP contribution is -2.41. The standard InChI is InChI=1S/C25H27N7O2/c1-30-15-7-12-23(30)24(33)26-14-13-21(16-19-8-4-3-5-9-19)31(2)25(34)20-10-6-11-22(17-20)32-18-27-28-29-32/h3-12,15,17-18,21H,13-14,16H2,1-2H3,(H,26,33)/t21-/m1/s1.